The molecule has 0 unspecified atom stereocenters. The number of thiazole rings is 1. The largest absolute Gasteiger partial charge is 0.508 e. The minimum absolute atomic E-state index is 0.0659. The van der Waals surface area contributed by atoms with E-state index in [1.807, 2.05) is 12.1 Å². The first-order chi connectivity index (χ1) is 12.1. The van der Waals surface area contributed by atoms with E-state index in [9.17, 15) is 10.2 Å². The molecule has 0 fully saturated rings. The maximum atomic E-state index is 9.90. The van der Waals surface area contributed by atoms with Crippen molar-refractivity contribution in [1.82, 2.24) is 4.98 Å². The Labute approximate surface area is 147 Å². The summed E-state index contributed by atoms with van der Waals surface area (Å²) in [6.45, 7) is 1.75. The van der Waals surface area contributed by atoms with E-state index in [2.05, 4.69) is 39.8 Å². The van der Waals surface area contributed by atoms with E-state index in [4.69, 9.17) is 0 Å². The van der Waals surface area contributed by atoms with Crippen LogP contribution in [-0.2, 0) is 0 Å². The summed E-state index contributed by atoms with van der Waals surface area (Å²) in [7, 11) is 0. The predicted molar refractivity (Wildman–Crippen MR) is 103 cm³/mol. The van der Waals surface area contributed by atoms with Gasteiger partial charge in [0.15, 0.2) is 0 Å². The molecule has 4 aromatic rings. The van der Waals surface area contributed by atoms with E-state index in [0.29, 0.717) is 16.4 Å². The molecule has 1 aromatic heterocycles. The normalized spacial score (nSPS) is 12.0. The molecule has 0 amide bonds. The fraction of sp³-hybridized carbons (Fsp3) is 0.0526. The summed E-state index contributed by atoms with van der Waals surface area (Å²) in [5.74, 6) is 0.143. The highest BCUT2D eigenvalue weighted by Crippen LogP contribution is 2.32. The molecule has 124 valence electrons. The monoisotopic (exact) mass is 349 g/mol. The second kappa shape index (κ2) is 6.07. The molecule has 5 nitrogen and oxygen atoms in total. The average Bonchev–Trinajstić information content (AvgIpc) is 3.05. The highest BCUT2D eigenvalue weighted by Gasteiger charge is 2.09. The second-order valence-corrected chi connectivity index (χ2v) is 6.69. The zero-order valence-electron chi connectivity index (χ0n) is 13.4. The number of phenols is 2. The van der Waals surface area contributed by atoms with Gasteiger partial charge < -0.3 is 10.2 Å². The van der Waals surface area contributed by atoms with Crippen LogP contribution >= 0.6 is 11.3 Å². The van der Waals surface area contributed by atoms with E-state index in [-0.39, 0.29) is 11.5 Å². The van der Waals surface area contributed by atoms with Crippen molar-refractivity contribution in [1.29, 1.82) is 0 Å². The zero-order chi connectivity index (χ0) is 17.4. The Bertz CT molecular complexity index is 1120. The van der Waals surface area contributed by atoms with Crippen LogP contribution < -0.4 is 5.43 Å². The summed E-state index contributed by atoms with van der Waals surface area (Å²) in [6, 6.07) is 16.6. The van der Waals surface area contributed by atoms with Crippen molar-refractivity contribution < 1.29 is 10.2 Å². The number of hydrogen-bond donors (Lipinski definition) is 3. The highest BCUT2D eigenvalue weighted by atomic mass is 32.1. The third-order valence-corrected chi connectivity index (χ3v) is 4.90. The lowest BCUT2D eigenvalue weighted by molar-refractivity contribution is 0.459. The van der Waals surface area contributed by atoms with E-state index in [1.54, 1.807) is 6.92 Å². The molecular weight excluding hydrogens is 334 g/mol. The smallest absolute Gasteiger partial charge is 0.204 e. The van der Waals surface area contributed by atoms with Gasteiger partial charge in [0.05, 0.1) is 15.9 Å². The van der Waals surface area contributed by atoms with Crippen LogP contribution in [0.15, 0.2) is 59.7 Å². The first kappa shape index (κ1) is 15.4. The fourth-order valence-electron chi connectivity index (χ4n) is 2.71. The number of nitrogens with zero attached hydrogens (tertiary/aromatic N) is 2. The molecule has 0 bridgehead atoms. The number of aromatic hydroxyl groups is 2. The molecule has 3 N–H and O–H groups in total. The number of benzene rings is 3. The third kappa shape index (κ3) is 2.88. The number of hydrazone groups is 1. The van der Waals surface area contributed by atoms with Gasteiger partial charge in [-0.05, 0) is 36.6 Å². The Hall–Kier alpha value is -3.12. The van der Waals surface area contributed by atoms with Gasteiger partial charge in [0.25, 0.3) is 0 Å². The molecule has 6 heteroatoms. The molecule has 0 radical (unpaired) electrons. The highest BCUT2D eigenvalue weighted by molar-refractivity contribution is 7.22. The second-order valence-electron chi connectivity index (χ2n) is 5.66. The van der Waals surface area contributed by atoms with Crippen molar-refractivity contribution in [2.24, 2.45) is 5.10 Å². The number of phenolic OH excluding ortho intramolecular Hbond substituents is 2. The van der Waals surface area contributed by atoms with Crippen LogP contribution in [0, 0.1) is 0 Å². The van der Waals surface area contributed by atoms with Gasteiger partial charge in [0, 0.05) is 10.9 Å². The summed E-state index contributed by atoms with van der Waals surface area (Å²) < 4.78 is 1.08. The first-order valence-corrected chi connectivity index (χ1v) is 8.54. The van der Waals surface area contributed by atoms with Gasteiger partial charge in [0.1, 0.15) is 11.5 Å². The third-order valence-electron chi connectivity index (χ3n) is 3.97. The molecule has 0 aliphatic carbocycles. The van der Waals surface area contributed by atoms with E-state index >= 15 is 0 Å². The Morgan fingerprint density at radius 1 is 1.08 bits per heavy atom. The van der Waals surface area contributed by atoms with Crippen LogP contribution in [0.25, 0.3) is 21.0 Å². The Morgan fingerprint density at radius 3 is 2.80 bits per heavy atom. The van der Waals surface area contributed by atoms with Crippen LogP contribution in [0.4, 0.5) is 5.13 Å². The number of rotatable bonds is 3. The van der Waals surface area contributed by atoms with E-state index in [1.165, 1.54) is 29.5 Å². The van der Waals surface area contributed by atoms with Crippen molar-refractivity contribution in [3.63, 3.8) is 0 Å². The SMILES string of the molecule is C/C(=N\Nc1nc2c(ccc3ccccc32)s1)c1cc(O)ccc1O. The molecule has 0 spiro atoms. The lowest BCUT2D eigenvalue weighted by Crippen LogP contribution is -1.99. The molecule has 25 heavy (non-hydrogen) atoms. The number of nitrogens with one attached hydrogen (secondary N) is 1. The van der Waals surface area contributed by atoms with Crippen molar-refractivity contribution >= 4 is 43.2 Å². The van der Waals surface area contributed by atoms with Crippen molar-refractivity contribution in [2.75, 3.05) is 5.43 Å². The van der Waals surface area contributed by atoms with Crippen LogP contribution in [-0.4, -0.2) is 20.9 Å². The van der Waals surface area contributed by atoms with Crippen molar-refractivity contribution in [3.05, 3.63) is 60.2 Å². The maximum Gasteiger partial charge on any atom is 0.204 e. The van der Waals surface area contributed by atoms with Gasteiger partial charge >= 0.3 is 0 Å². The van der Waals surface area contributed by atoms with Crippen LogP contribution in [0.1, 0.15) is 12.5 Å². The van der Waals surface area contributed by atoms with Gasteiger partial charge in [-0.25, -0.2) is 4.98 Å². The Kier molecular flexibility index (Phi) is 3.74. The van der Waals surface area contributed by atoms with Gasteiger partial charge in [-0.3, -0.25) is 5.43 Å². The molecule has 1 heterocycles. The van der Waals surface area contributed by atoms with Gasteiger partial charge in [-0.15, -0.1) is 0 Å². The minimum atomic E-state index is 0.0659. The molecular formula is C19H15N3O2S. The standard InChI is InChI=1S/C19H15N3O2S/c1-11(15-10-13(23)7-8-16(15)24)21-22-19-20-18-14-5-3-2-4-12(14)6-9-17(18)25-19/h2-10,23-24H,1H3,(H,20,22)/b21-11+. The van der Waals surface area contributed by atoms with Crippen molar-refractivity contribution in [2.45, 2.75) is 6.92 Å². The van der Waals surface area contributed by atoms with E-state index < -0.39 is 0 Å². The van der Waals surface area contributed by atoms with E-state index in [0.717, 1.165) is 21.0 Å². The molecule has 3 aromatic carbocycles. The summed E-state index contributed by atoms with van der Waals surface area (Å²) in [4.78, 5) is 4.63. The summed E-state index contributed by atoms with van der Waals surface area (Å²) in [5.41, 5.74) is 4.91. The fourth-order valence-corrected chi connectivity index (χ4v) is 3.54. The van der Waals surface area contributed by atoms with Crippen LogP contribution in [0.5, 0.6) is 11.5 Å². The lowest BCUT2D eigenvalue weighted by atomic mass is 10.1. The Morgan fingerprint density at radius 2 is 1.92 bits per heavy atom. The summed E-state index contributed by atoms with van der Waals surface area (Å²) >= 11 is 1.52. The lowest BCUT2D eigenvalue weighted by Gasteiger charge is -2.04. The molecule has 0 saturated carbocycles. The predicted octanol–water partition coefficient (Wildman–Crippen LogP) is 4.70. The first-order valence-electron chi connectivity index (χ1n) is 7.73. The van der Waals surface area contributed by atoms with Gasteiger partial charge in [-0.1, -0.05) is 41.7 Å². The quantitative estimate of drug-likeness (QED) is 0.285. The average molecular weight is 349 g/mol. The van der Waals surface area contributed by atoms with Crippen LogP contribution in [0.3, 0.4) is 0 Å². The van der Waals surface area contributed by atoms with Crippen LogP contribution in [0.2, 0.25) is 0 Å². The molecule has 4 rings (SSSR count). The zero-order valence-corrected chi connectivity index (χ0v) is 14.2. The van der Waals surface area contributed by atoms with Gasteiger partial charge in [-0.2, -0.15) is 5.10 Å². The number of aromatic nitrogens is 1. The number of hydrogen-bond acceptors (Lipinski definition) is 6. The number of fused-ring (bicyclic) bond motifs is 3. The maximum absolute atomic E-state index is 9.90. The minimum Gasteiger partial charge on any atom is -0.508 e. The summed E-state index contributed by atoms with van der Waals surface area (Å²) in [6.07, 6.45) is 0. The molecule has 0 saturated heterocycles. The van der Waals surface area contributed by atoms with Gasteiger partial charge in [0.2, 0.25) is 5.13 Å². The molecule has 0 atom stereocenters. The number of anilines is 1. The topological polar surface area (TPSA) is 77.7 Å². The Balaban J connectivity index is 1.69. The summed E-state index contributed by atoms with van der Waals surface area (Å²) in [5, 5.41) is 26.7. The molecule has 0 aliphatic heterocycles. The molecule has 0 aliphatic rings. The van der Waals surface area contributed by atoms with Crippen molar-refractivity contribution in [3.8, 4) is 11.5 Å².